The van der Waals surface area contributed by atoms with Gasteiger partial charge in [0.15, 0.2) is 0 Å². The van der Waals surface area contributed by atoms with Crippen LogP contribution in [-0.2, 0) is 21.8 Å². The summed E-state index contributed by atoms with van der Waals surface area (Å²) in [5.41, 5.74) is -0.0347. The first-order valence-electron chi connectivity index (χ1n) is 4.33. The SMILES string of the molecule is CCOC(=O)c1c(Cl)c(S(N)(=O)=O)cn1C. The van der Waals surface area contributed by atoms with E-state index in [1.807, 2.05) is 0 Å². The fraction of sp³-hybridized carbons (Fsp3) is 0.375. The monoisotopic (exact) mass is 266 g/mol. The van der Waals surface area contributed by atoms with E-state index in [9.17, 15) is 13.2 Å². The summed E-state index contributed by atoms with van der Waals surface area (Å²) in [4.78, 5) is 11.2. The minimum absolute atomic E-state index is 0.0347. The molecular formula is C8H11ClN2O4S. The Hall–Kier alpha value is -1.05. The molecule has 0 bridgehead atoms. The van der Waals surface area contributed by atoms with Crippen LogP contribution < -0.4 is 5.14 Å². The van der Waals surface area contributed by atoms with Crippen LogP contribution in [0.2, 0.25) is 5.02 Å². The summed E-state index contributed by atoms with van der Waals surface area (Å²) in [6.07, 6.45) is 1.17. The van der Waals surface area contributed by atoms with Crippen LogP contribution in [0.25, 0.3) is 0 Å². The van der Waals surface area contributed by atoms with Crippen molar-refractivity contribution in [3.63, 3.8) is 0 Å². The lowest BCUT2D eigenvalue weighted by molar-refractivity contribution is 0.0515. The van der Waals surface area contributed by atoms with E-state index in [0.717, 1.165) is 0 Å². The molecule has 0 radical (unpaired) electrons. The van der Waals surface area contributed by atoms with Gasteiger partial charge in [-0.05, 0) is 6.92 Å². The van der Waals surface area contributed by atoms with Crippen molar-refractivity contribution < 1.29 is 17.9 Å². The maximum Gasteiger partial charge on any atom is 0.356 e. The number of carbonyl (C=O) groups excluding carboxylic acids is 1. The fourth-order valence-corrected chi connectivity index (χ4v) is 2.43. The number of esters is 1. The van der Waals surface area contributed by atoms with Gasteiger partial charge in [0.05, 0.1) is 11.6 Å². The molecular weight excluding hydrogens is 256 g/mol. The zero-order chi connectivity index (χ0) is 12.5. The second kappa shape index (κ2) is 4.44. The molecule has 0 unspecified atom stereocenters. The number of nitrogens with zero attached hydrogens (tertiary/aromatic N) is 1. The average molecular weight is 267 g/mol. The van der Waals surface area contributed by atoms with E-state index < -0.39 is 16.0 Å². The molecule has 1 rings (SSSR count). The molecule has 0 saturated heterocycles. The summed E-state index contributed by atoms with van der Waals surface area (Å²) in [5.74, 6) is -0.690. The summed E-state index contributed by atoms with van der Waals surface area (Å²) < 4.78 is 28.3. The second-order valence-electron chi connectivity index (χ2n) is 3.03. The highest BCUT2D eigenvalue weighted by molar-refractivity contribution is 7.89. The number of sulfonamides is 1. The molecule has 0 aliphatic rings. The van der Waals surface area contributed by atoms with Crippen LogP contribution in [0.1, 0.15) is 17.4 Å². The molecule has 0 atom stereocenters. The maximum absolute atomic E-state index is 11.5. The van der Waals surface area contributed by atoms with Crippen molar-refractivity contribution in [3.8, 4) is 0 Å². The van der Waals surface area contributed by atoms with Gasteiger partial charge in [-0.25, -0.2) is 18.4 Å². The van der Waals surface area contributed by atoms with Crippen LogP contribution in [0.5, 0.6) is 0 Å². The molecule has 0 saturated carbocycles. The Morgan fingerprint density at radius 2 is 2.19 bits per heavy atom. The molecule has 1 heterocycles. The third-order valence-corrected chi connectivity index (χ3v) is 3.28. The van der Waals surface area contributed by atoms with E-state index in [-0.39, 0.29) is 22.2 Å². The number of aromatic nitrogens is 1. The van der Waals surface area contributed by atoms with Crippen LogP contribution in [0, 0.1) is 0 Å². The Morgan fingerprint density at radius 1 is 1.62 bits per heavy atom. The number of nitrogens with two attached hydrogens (primary N) is 1. The van der Waals surface area contributed by atoms with Gasteiger partial charge in [0.1, 0.15) is 10.6 Å². The molecule has 0 fully saturated rings. The maximum atomic E-state index is 11.5. The highest BCUT2D eigenvalue weighted by Gasteiger charge is 2.25. The molecule has 0 spiro atoms. The zero-order valence-electron chi connectivity index (χ0n) is 8.73. The van der Waals surface area contributed by atoms with Gasteiger partial charge in [-0.15, -0.1) is 0 Å². The minimum atomic E-state index is -3.94. The molecule has 0 aromatic carbocycles. The highest BCUT2D eigenvalue weighted by Crippen LogP contribution is 2.26. The number of halogens is 1. The van der Waals surface area contributed by atoms with Crippen LogP contribution in [0.4, 0.5) is 0 Å². The summed E-state index contributed by atoms with van der Waals surface area (Å²) in [5, 5.41) is 4.72. The Balaban J connectivity index is 3.34. The molecule has 2 N–H and O–H groups in total. The fourth-order valence-electron chi connectivity index (χ4n) is 1.20. The number of rotatable bonds is 3. The number of ether oxygens (including phenoxy) is 1. The lowest BCUT2D eigenvalue weighted by Gasteiger charge is -2.02. The molecule has 90 valence electrons. The van der Waals surface area contributed by atoms with Gasteiger partial charge in [-0.2, -0.15) is 0 Å². The summed E-state index contributed by atoms with van der Waals surface area (Å²) in [6, 6.07) is 0. The van der Waals surface area contributed by atoms with Gasteiger partial charge in [0.2, 0.25) is 10.0 Å². The van der Waals surface area contributed by atoms with E-state index in [1.54, 1.807) is 6.92 Å². The normalized spacial score (nSPS) is 11.5. The van der Waals surface area contributed by atoms with Gasteiger partial charge in [0, 0.05) is 13.2 Å². The van der Waals surface area contributed by atoms with Crippen molar-refractivity contribution in [2.45, 2.75) is 11.8 Å². The predicted molar refractivity (Wildman–Crippen MR) is 57.8 cm³/mol. The first-order valence-corrected chi connectivity index (χ1v) is 6.26. The summed E-state index contributed by atoms with van der Waals surface area (Å²) >= 11 is 5.76. The Bertz CT molecular complexity index is 520. The molecule has 0 amide bonds. The van der Waals surface area contributed by atoms with Gasteiger partial charge in [0.25, 0.3) is 0 Å². The molecule has 16 heavy (non-hydrogen) atoms. The number of carbonyl (C=O) groups is 1. The van der Waals surface area contributed by atoms with E-state index >= 15 is 0 Å². The predicted octanol–water partition coefficient (Wildman–Crippen LogP) is 0.503. The topological polar surface area (TPSA) is 91.4 Å². The first kappa shape index (κ1) is 13.0. The van der Waals surface area contributed by atoms with Crippen LogP contribution in [0.15, 0.2) is 11.1 Å². The lowest BCUT2D eigenvalue weighted by atomic mass is 10.4. The number of primary sulfonamides is 1. The third kappa shape index (κ3) is 2.37. The largest absolute Gasteiger partial charge is 0.461 e. The second-order valence-corrected chi connectivity index (χ2v) is 4.94. The number of aryl methyl sites for hydroxylation is 1. The Morgan fingerprint density at radius 3 is 2.56 bits per heavy atom. The number of hydrogen-bond donors (Lipinski definition) is 1. The molecule has 8 heteroatoms. The van der Waals surface area contributed by atoms with Crippen molar-refractivity contribution in [3.05, 3.63) is 16.9 Å². The molecule has 1 aromatic heterocycles. The quantitative estimate of drug-likeness (QED) is 0.807. The van der Waals surface area contributed by atoms with Crippen molar-refractivity contribution in [1.82, 2.24) is 4.57 Å². The van der Waals surface area contributed by atoms with Gasteiger partial charge >= 0.3 is 5.97 Å². The average Bonchev–Trinajstić information content (AvgIpc) is 2.41. The van der Waals surface area contributed by atoms with E-state index in [4.69, 9.17) is 21.5 Å². The van der Waals surface area contributed by atoms with Crippen molar-refractivity contribution in [2.24, 2.45) is 12.2 Å². The summed E-state index contributed by atoms with van der Waals surface area (Å²) in [7, 11) is -2.47. The van der Waals surface area contributed by atoms with Gasteiger partial charge in [-0.3, -0.25) is 0 Å². The number of hydrogen-bond acceptors (Lipinski definition) is 4. The van der Waals surface area contributed by atoms with E-state index in [2.05, 4.69) is 0 Å². The molecule has 1 aromatic rings. The third-order valence-electron chi connectivity index (χ3n) is 1.86. The first-order chi connectivity index (χ1) is 7.29. The van der Waals surface area contributed by atoms with Gasteiger partial charge < -0.3 is 9.30 Å². The Kier molecular flexibility index (Phi) is 3.61. The van der Waals surface area contributed by atoms with Gasteiger partial charge in [-0.1, -0.05) is 11.6 Å². The standard InChI is InChI=1S/C8H11ClN2O4S/c1-3-15-8(12)7-6(9)5(4-11(7)2)16(10,13)14/h4H,3H2,1-2H3,(H2,10,13,14). The smallest absolute Gasteiger partial charge is 0.356 e. The Labute approximate surface area is 98.0 Å². The molecule has 0 aliphatic heterocycles. The lowest BCUT2D eigenvalue weighted by Crippen LogP contribution is -2.12. The van der Waals surface area contributed by atoms with Crippen molar-refractivity contribution in [1.29, 1.82) is 0 Å². The van der Waals surface area contributed by atoms with Crippen molar-refractivity contribution in [2.75, 3.05) is 6.61 Å². The van der Waals surface area contributed by atoms with Crippen LogP contribution in [0.3, 0.4) is 0 Å². The van der Waals surface area contributed by atoms with Crippen LogP contribution >= 0.6 is 11.6 Å². The summed E-state index contributed by atoms with van der Waals surface area (Å²) in [6.45, 7) is 1.81. The van der Waals surface area contributed by atoms with E-state index in [0.29, 0.717) is 0 Å². The van der Waals surface area contributed by atoms with E-state index in [1.165, 1.54) is 17.8 Å². The minimum Gasteiger partial charge on any atom is -0.461 e. The zero-order valence-corrected chi connectivity index (χ0v) is 10.3. The van der Waals surface area contributed by atoms with Crippen LogP contribution in [-0.4, -0.2) is 25.6 Å². The molecule has 0 aliphatic carbocycles. The highest BCUT2D eigenvalue weighted by atomic mass is 35.5. The van der Waals surface area contributed by atoms with Crippen molar-refractivity contribution >= 4 is 27.6 Å². The molecule has 6 nitrogen and oxygen atoms in total.